The molecule has 0 amide bonds. The van der Waals surface area contributed by atoms with Crippen molar-refractivity contribution in [3.63, 3.8) is 0 Å². The first-order chi connectivity index (χ1) is 10.6. The molecule has 2 aromatic heterocycles. The van der Waals surface area contributed by atoms with Gasteiger partial charge in [0.25, 0.3) is 0 Å². The van der Waals surface area contributed by atoms with E-state index in [-0.39, 0.29) is 0 Å². The molecule has 2 aromatic rings. The third-order valence-electron chi connectivity index (χ3n) is 4.58. The van der Waals surface area contributed by atoms with E-state index in [0.717, 1.165) is 35.4 Å². The summed E-state index contributed by atoms with van der Waals surface area (Å²) in [7, 11) is 1.87. The monoisotopic (exact) mass is 295 g/mol. The minimum atomic E-state index is 0.328. The van der Waals surface area contributed by atoms with E-state index < -0.39 is 0 Å². The Morgan fingerprint density at radius 1 is 1.32 bits per heavy atom. The molecule has 0 spiro atoms. The Balaban J connectivity index is 2.18. The van der Waals surface area contributed by atoms with Gasteiger partial charge < -0.3 is 5.73 Å². The predicted octanol–water partition coefficient (Wildman–Crippen LogP) is 3.29. The van der Waals surface area contributed by atoms with Gasteiger partial charge in [0.2, 0.25) is 0 Å². The van der Waals surface area contributed by atoms with Gasteiger partial charge in [0.1, 0.15) is 17.5 Å². The number of nitriles is 1. The molecule has 0 atom stereocenters. The van der Waals surface area contributed by atoms with E-state index in [1.54, 1.807) is 4.68 Å². The van der Waals surface area contributed by atoms with Crippen molar-refractivity contribution in [3.05, 3.63) is 29.1 Å². The largest absolute Gasteiger partial charge is 0.383 e. The van der Waals surface area contributed by atoms with Crippen molar-refractivity contribution in [2.45, 2.75) is 44.9 Å². The summed E-state index contributed by atoms with van der Waals surface area (Å²) < 4.78 is 1.74. The maximum atomic E-state index is 9.49. The van der Waals surface area contributed by atoms with Crippen LogP contribution in [0.15, 0.2) is 12.3 Å². The molecule has 2 heterocycles. The fourth-order valence-corrected chi connectivity index (χ4v) is 3.47. The van der Waals surface area contributed by atoms with Crippen LogP contribution in [0.2, 0.25) is 0 Å². The average Bonchev–Trinajstić information content (AvgIpc) is 2.95. The minimum absolute atomic E-state index is 0.328. The first-order valence-corrected chi connectivity index (χ1v) is 7.82. The number of anilines is 1. The second kappa shape index (κ2) is 5.80. The highest BCUT2D eigenvalue weighted by molar-refractivity contribution is 5.76. The lowest BCUT2D eigenvalue weighted by Crippen LogP contribution is -2.12. The number of hydrogen-bond acceptors (Lipinski definition) is 4. The zero-order chi connectivity index (χ0) is 15.7. The third-order valence-corrected chi connectivity index (χ3v) is 4.58. The fraction of sp³-hybridized carbons (Fsp3) is 0.471. The summed E-state index contributed by atoms with van der Waals surface area (Å²) in [5.41, 5.74) is 10.3. The summed E-state index contributed by atoms with van der Waals surface area (Å²) in [6, 6.07) is 4.13. The standard InChI is InChI=1S/C17H21N5/c1-11-15(14-8-9-22(2)21-14)13(10-18)17(19)20-16(11)12-6-4-3-5-7-12/h8-9,12H,3-7H2,1-2H3,(H2,19,20). The van der Waals surface area contributed by atoms with Gasteiger partial charge in [-0.1, -0.05) is 19.3 Å². The van der Waals surface area contributed by atoms with Gasteiger partial charge in [-0.25, -0.2) is 4.98 Å². The lowest BCUT2D eigenvalue weighted by molar-refractivity contribution is 0.435. The quantitative estimate of drug-likeness (QED) is 0.921. The van der Waals surface area contributed by atoms with E-state index in [9.17, 15) is 5.26 Å². The Morgan fingerprint density at radius 3 is 2.64 bits per heavy atom. The zero-order valence-corrected chi connectivity index (χ0v) is 13.1. The van der Waals surface area contributed by atoms with Crippen LogP contribution in [-0.4, -0.2) is 14.8 Å². The number of aryl methyl sites for hydroxylation is 1. The molecule has 0 bridgehead atoms. The second-order valence-corrected chi connectivity index (χ2v) is 6.08. The summed E-state index contributed by atoms with van der Waals surface area (Å²) in [4.78, 5) is 4.58. The topological polar surface area (TPSA) is 80.5 Å². The molecule has 3 rings (SSSR count). The number of aromatic nitrogens is 3. The Bertz CT molecular complexity index is 732. The van der Waals surface area contributed by atoms with Crippen LogP contribution in [0.1, 0.15) is 54.8 Å². The third kappa shape index (κ3) is 2.45. The van der Waals surface area contributed by atoms with E-state index >= 15 is 0 Å². The molecule has 114 valence electrons. The van der Waals surface area contributed by atoms with Crippen molar-refractivity contribution in [2.75, 3.05) is 5.73 Å². The molecule has 5 heteroatoms. The van der Waals surface area contributed by atoms with Gasteiger partial charge in [-0.2, -0.15) is 10.4 Å². The van der Waals surface area contributed by atoms with E-state index in [2.05, 4.69) is 16.2 Å². The number of nitrogens with zero attached hydrogens (tertiary/aromatic N) is 4. The first kappa shape index (κ1) is 14.6. The lowest BCUT2D eigenvalue weighted by Gasteiger charge is -2.24. The van der Waals surface area contributed by atoms with Crippen LogP contribution < -0.4 is 5.73 Å². The van der Waals surface area contributed by atoms with Crippen LogP contribution in [-0.2, 0) is 7.05 Å². The zero-order valence-electron chi connectivity index (χ0n) is 13.1. The minimum Gasteiger partial charge on any atom is -0.383 e. The van der Waals surface area contributed by atoms with Crippen LogP contribution >= 0.6 is 0 Å². The summed E-state index contributed by atoms with van der Waals surface area (Å²) in [6.45, 7) is 2.04. The predicted molar refractivity (Wildman–Crippen MR) is 86.1 cm³/mol. The maximum Gasteiger partial charge on any atom is 0.142 e. The Morgan fingerprint density at radius 2 is 2.05 bits per heavy atom. The lowest BCUT2D eigenvalue weighted by atomic mass is 9.83. The summed E-state index contributed by atoms with van der Waals surface area (Å²) in [6.07, 6.45) is 7.97. The second-order valence-electron chi connectivity index (χ2n) is 6.08. The van der Waals surface area contributed by atoms with E-state index in [4.69, 9.17) is 5.73 Å². The van der Waals surface area contributed by atoms with Crippen molar-refractivity contribution >= 4 is 5.82 Å². The molecule has 0 aromatic carbocycles. The smallest absolute Gasteiger partial charge is 0.142 e. The molecule has 1 fully saturated rings. The SMILES string of the molecule is Cc1c(C2CCCCC2)nc(N)c(C#N)c1-c1ccn(C)n1. The number of pyridine rings is 1. The van der Waals surface area contributed by atoms with Crippen molar-refractivity contribution in [2.24, 2.45) is 7.05 Å². The van der Waals surface area contributed by atoms with E-state index in [1.807, 2.05) is 26.2 Å². The van der Waals surface area contributed by atoms with Crippen LogP contribution in [0.25, 0.3) is 11.3 Å². The van der Waals surface area contributed by atoms with Crippen LogP contribution in [0.4, 0.5) is 5.82 Å². The highest BCUT2D eigenvalue weighted by Gasteiger charge is 2.24. The van der Waals surface area contributed by atoms with E-state index in [0.29, 0.717) is 17.3 Å². The van der Waals surface area contributed by atoms with Crippen molar-refractivity contribution in [1.29, 1.82) is 5.26 Å². The van der Waals surface area contributed by atoms with Crippen molar-refractivity contribution in [1.82, 2.24) is 14.8 Å². The molecule has 0 radical (unpaired) electrons. The number of nitrogens with two attached hydrogens (primary N) is 1. The van der Waals surface area contributed by atoms with Gasteiger partial charge in [-0.3, -0.25) is 4.68 Å². The van der Waals surface area contributed by atoms with Gasteiger partial charge in [-0.15, -0.1) is 0 Å². The highest BCUT2D eigenvalue weighted by atomic mass is 15.2. The number of nitrogen functional groups attached to an aromatic ring is 1. The summed E-state index contributed by atoms with van der Waals surface area (Å²) >= 11 is 0. The fourth-order valence-electron chi connectivity index (χ4n) is 3.47. The molecule has 0 aliphatic heterocycles. The molecule has 1 aliphatic rings. The molecule has 0 saturated heterocycles. The molecular formula is C17H21N5. The van der Waals surface area contributed by atoms with Gasteiger partial charge in [-0.05, 0) is 31.4 Å². The summed E-state index contributed by atoms with van der Waals surface area (Å²) in [5.74, 6) is 0.778. The molecular weight excluding hydrogens is 274 g/mol. The Hall–Kier alpha value is -2.35. The van der Waals surface area contributed by atoms with Crippen LogP contribution in [0, 0.1) is 18.3 Å². The average molecular weight is 295 g/mol. The molecule has 22 heavy (non-hydrogen) atoms. The Labute approximate surface area is 130 Å². The van der Waals surface area contributed by atoms with Crippen LogP contribution in [0.5, 0.6) is 0 Å². The molecule has 0 unspecified atom stereocenters. The van der Waals surface area contributed by atoms with Gasteiger partial charge in [0.15, 0.2) is 0 Å². The normalized spacial score (nSPS) is 15.7. The van der Waals surface area contributed by atoms with Crippen molar-refractivity contribution in [3.8, 4) is 17.3 Å². The van der Waals surface area contributed by atoms with Crippen molar-refractivity contribution < 1.29 is 0 Å². The number of rotatable bonds is 2. The highest BCUT2D eigenvalue weighted by Crippen LogP contribution is 2.38. The maximum absolute atomic E-state index is 9.49. The first-order valence-electron chi connectivity index (χ1n) is 7.82. The number of hydrogen-bond donors (Lipinski definition) is 1. The summed E-state index contributed by atoms with van der Waals surface area (Å²) in [5, 5.41) is 13.9. The van der Waals surface area contributed by atoms with Crippen LogP contribution in [0.3, 0.4) is 0 Å². The Kier molecular flexibility index (Phi) is 3.84. The molecule has 5 nitrogen and oxygen atoms in total. The molecule has 1 saturated carbocycles. The van der Waals surface area contributed by atoms with Gasteiger partial charge >= 0.3 is 0 Å². The van der Waals surface area contributed by atoms with E-state index in [1.165, 1.54) is 19.3 Å². The molecule has 1 aliphatic carbocycles. The van der Waals surface area contributed by atoms with Gasteiger partial charge in [0.05, 0.1) is 5.69 Å². The molecule has 2 N–H and O–H groups in total. The van der Waals surface area contributed by atoms with Gasteiger partial charge in [0, 0.05) is 30.4 Å².